The van der Waals surface area contributed by atoms with E-state index in [1.54, 1.807) is 6.33 Å². The monoisotopic (exact) mass is 316 g/mol. The molecule has 0 atom stereocenters. The van der Waals surface area contributed by atoms with Gasteiger partial charge in [-0.25, -0.2) is 15.0 Å². The molecule has 5 nitrogen and oxygen atoms in total. The summed E-state index contributed by atoms with van der Waals surface area (Å²) in [5.41, 5.74) is 3.72. The zero-order valence-corrected chi connectivity index (χ0v) is 13.4. The number of anilines is 1. The predicted molar refractivity (Wildman–Crippen MR) is 87.4 cm³/mol. The van der Waals surface area contributed by atoms with E-state index in [0.29, 0.717) is 16.3 Å². The van der Waals surface area contributed by atoms with Crippen LogP contribution in [0.1, 0.15) is 30.5 Å². The molecule has 4 rings (SSSR count). The number of furan rings is 1. The Balaban J connectivity index is 1.85. The minimum Gasteiger partial charge on any atom is -0.432 e. The minimum absolute atomic E-state index is 0.571. The maximum atomic E-state index is 6.32. The zero-order valence-electron chi connectivity index (χ0n) is 12.6. The normalized spacial score (nSPS) is 15.4. The minimum atomic E-state index is 0.571. The van der Waals surface area contributed by atoms with Crippen molar-refractivity contribution in [1.82, 2.24) is 15.0 Å². The fourth-order valence-corrected chi connectivity index (χ4v) is 3.10. The van der Waals surface area contributed by atoms with Crippen molar-refractivity contribution in [2.24, 2.45) is 5.92 Å². The number of hydrogen-bond donors (Lipinski definition) is 1. The Bertz CT molecular complexity index is 870. The molecule has 0 amide bonds. The van der Waals surface area contributed by atoms with Crippen molar-refractivity contribution in [2.75, 3.05) is 11.9 Å². The highest BCUT2D eigenvalue weighted by Gasteiger charge is 2.21. The molecule has 6 heteroatoms. The molecule has 0 saturated heterocycles. The second kappa shape index (κ2) is 5.09. The van der Waals surface area contributed by atoms with Gasteiger partial charge >= 0.3 is 0 Å². The van der Waals surface area contributed by atoms with Gasteiger partial charge in [0.05, 0.1) is 16.1 Å². The van der Waals surface area contributed by atoms with E-state index in [0.717, 1.165) is 40.4 Å². The van der Waals surface area contributed by atoms with Crippen LogP contribution in [-0.2, 0) is 0 Å². The second-order valence-corrected chi connectivity index (χ2v) is 6.37. The Morgan fingerprint density at radius 1 is 1.32 bits per heavy atom. The fraction of sp³-hybridized carbons (Fsp3) is 0.438. The third-order valence-corrected chi connectivity index (χ3v) is 5.08. The largest absolute Gasteiger partial charge is 0.432 e. The Hall–Kier alpha value is -1.88. The standard InChI is InChI=1S/C16H17ClN4O/c1-8-11-13-14(22-16(11)21-9(2)12(8)17)15(20-7-19-13)18-6-10-4-3-5-10/h7,10H,3-6H2,1-2H3,(H,18,19,20). The van der Waals surface area contributed by atoms with Gasteiger partial charge in [0.1, 0.15) is 11.8 Å². The summed E-state index contributed by atoms with van der Waals surface area (Å²) >= 11 is 6.32. The third kappa shape index (κ3) is 2.03. The van der Waals surface area contributed by atoms with Crippen molar-refractivity contribution in [1.29, 1.82) is 0 Å². The number of aryl methyl sites for hydroxylation is 2. The van der Waals surface area contributed by atoms with Crippen LogP contribution < -0.4 is 5.32 Å². The maximum absolute atomic E-state index is 6.32. The molecular formula is C16H17ClN4O. The van der Waals surface area contributed by atoms with E-state index >= 15 is 0 Å². The van der Waals surface area contributed by atoms with Crippen molar-refractivity contribution in [2.45, 2.75) is 33.1 Å². The molecule has 0 bridgehead atoms. The molecule has 0 spiro atoms. The number of fused-ring (bicyclic) bond motifs is 3. The van der Waals surface area contributed by atoms with Gasteiger partial charge in [-0.15, -0.1) is 0 Å². The van der Waals surface area contributed by atoms with E-state index in [1.807, 2.05) is 13.8 Å². The number of rotatable bonds is 3. The first kappa shape index (κ1) is 13.8. The molecule has 0 aliphatic heterocycles. The van der Waals surface area contributed by atoms with E-state index in [2.05, 4.69) is 20.3 Å². The van der Waals surface area contributed by atoms with Crippen molar-refractivity contribution < 1.29 is 4.42 Å². The van der Waals surface area contributed by atoms with E-state index in [-0.39, 0.29) is 0 Å². The lowest BCUT2D eigenvalue weighted by atomic mass is 9.85. The Morgan fingerprint density at radius 3 is 2.86 bits per heavy atom. The molecule has 3 heterocycles. The lowest BCUT2D eigenvalue weighted by molar-refractivity contribution is 0.333. The number of halogens is 1. The van der Waals surface area contributed by atoms with Crippen LogP contribution in [-0.4, -0.2) is 21.5 Å². The van der Waals surface area contributed by atoms with E-state index in [4.69, 9.17) is 16.0 Å². The van der Waals surface area contributed by atoms with Gasteiger partial charge in [-0.05, 0) is 38.2 Å². The molecule has 1 aliphatic carbocycles. The lowest BCUT2D eigenvalue weighted by Gasteiger charge is -2.25. The van der Waals surface area contributed by atoms with Gasteiger partial charge in [-0.2, -0.15) is 0 Å². The summed E-state index contributed by atoms with van der Waals surface area (Å²) in [5, 5.41) is 4.93. The molecule has 1 fully saturated rings. The zero-order chi connectivity index (χ0) is 15.3. The first-order valence-electron chi connectivity index (χ1n) is 7.59. The molecule has 22 heavy (non-hydrogen) atoms. The molecule has 1 aliphatic rings. The van der Waals surface area contributed by atoms with Crippen molar-refractivity contribution >= 4 is 39.6 Å². The molecule has 114 valence electrons. The van der Waals surface area contributed by atoms with E-state index in [9.17, 15) is 0 Å². The highest BCUT2D eigenvalue weighted by Crippen LogP contribution is 2.35. The highest BCUT2D eigenvalue weighted by atomic mass is 35.5. The van der Waals surface area contributed by atoms with Crippen LogP contribution >= 0.6 is 11.6 Å². The topological polar surface area (TPSA) is 63.8 Å². The summed E-state index contributed by atoms with van der Waals surface area (Å²) in [5.74, 6) is 1.48. The van der Waals surface area contributed by atoms with Gasteiger partial charge in [-0.3, -0.25) is 0 Å². The van der Waals surface area contributed by atoms with E-state index < -0.39 is 0 Å². The van der Waals surface area contributed by atoms with Gasteiger partial charge in [0.25, 0.3) is 0 Å². The predicted octanol–water partition coefficient (Wildman–Crippen LogP) is 4.25. The number of nitrogens with one attached hydrogen (secondary N) is 1. The number of nitrogens with zero attached hydrogens (tertiary/aromatic N) is 3. The van der Waals surface area contributed by atoms with Crippen LogP contribution in [0.5, 0.6) is 0 Å². The summed E-state index contributed by atoms with van der Waals surface area (Å²) in [7, 11) is 0. The average molecular weight is 317 g/mol. The summed E-state index contributed by atoms with van der Waals surface area (Å²) < 4.78 is 5.93. The molecule has 1 N–H and O–H groups in total. The van der Waals surface area contributed by atoms with Crippen LogP contribution in [0.2, 0.25) is 5.02 Å². The van der Waals surface area contributed by atoms with Crippen LogP contribution in [0, 0.1) is 19.8 Å². The van der Waals surface area contributed by atoms with Crippen molar-refractivity contribution in [3.05, 3.63) is 22.6 Å². The van der Waals surface area contributed by atoms with Crippen molar-refractivity contribution in [3.63, 3.8) is 0 Å². The smallest absolute Gasteiger partial charge is 0.229 e. The first-order chi connectivity index (χ1) is 10.6. The molecule has 3 aromatic heterocycles. The summed E-state index contributed by atoms with van der Waals surface area (Å²) in [4.78, 5) is 13.2. The molecular weight excluding hydrogens is 300 g/mol. The molecule has 3 aromatic rings. The van der Waals surface area contributed by atoms with Gasteiger partial charge < -0.3 is 9.73 Å². The van der Waals surface area contributed by atoms with Crippen LogP contribution in [0.4, 0.5) is 5.82 Å². The summed E-state index contributed by atoms with van der Waals surface area (Å²) in [6.07, 6.45) is 5.47. The van der Waals surface area contributed by atoms with Crippen molar-refractivity contribution in [3.8, 4) is 0 Å². The molecule has 1 saturated carbocycles. The van der Waals surface area contributed by atoms with E-state index in [1.165, 1.54) is 19.3 Å². The third-order valence-electron chi connectivity index (χ3n) is 4.53. The average Bonchev–Trinajstić information content (AvgIpc) is 2.82. The fourth-order valence-electron chi connectivity index (χ4n) is 2.96. The first-order valence-corrected chi connectivity index (χ1v) is 7.96. The highest BCUT2D eigenvalue weighted by molar-refractivity contribution is 6.33. The number of aromatic nitrogens is 3. The van der Waals surface area contributed by atoms with Crippen LogP contribution in [0.3, 0.4) is 0 Å². The van der Waals surface area contributed by atoms with Gasteiger partial charge in [0, 0.05) is 6.54 Å². The Labute approximate surface area is 133 Å². The summed E-state index contributed by atoms with van der Waals surface area (Å²) in [6, 6.07) is 0. The molecule has 0 radical (unpaired) electrons. The van der Waals surface area contributed by atoms with Gasteiger partial charge in [0.15, 0.2) is 11.4 Å². The van der Waals surface area contributed by atoms with Gasteiger partial charge in [0.2, 0.25) is 5.71 Å². The van der Waals surface area contributed by atoms with Crippen LogP contribution in [0.25, 0.3) is 22.2 Å². The summed E-state index contributed by atoms with van der Waals surface area (Å²) in [6.45, 7) is 4.77. The SMILES string of the molecule is Cc1nc2oc3c(NCC4CCC4)ncnc3c2c(C)c1Cl. The Morgan fingerprint density at radius 2 is 2.14 bits per heavy atom. The molecule has 0 unspecified atom stereocenters. The second-order valence-electron chi connectivity index (χ2n) is 6.00. The van der Waals surface area contributed by atoms with Crippen LogP contribution in [0.15, 0.2) is 10.7 Å². The maximum Gasteiger partial charge on any atom is 0.229 e. The Kier molecular flexibility index (Phi) is 3.18. The number of pyridine rings is 1. The van der Waals surface area contributed by atoms with Gasteiger partial charge in [-0.1, -0.05) is 18.0 Å². The number of hydrogen-bond acceptors (Lipinski definition) is 5. The lowest BCUT2D eigenvalue weighted by Crippen LogP contribution is -2.21. The quantitative estimate of drug-likeness (QED) is 0.782. The molecule has 0 aromatic carbocycles.